The van der Waals surface area contributed by atoms with E-state index in [4.69, 9.17) is 4.52 Å². The molecule has 6 nitrogen and oxygen atoms in total. The Hall–Kier alpha value is -3.02. The molecule has 0 aliphatic carbocycles. The van der Waals surface area contributed by atoms with Gasteiger partial charge in [-0.3, -0.25) is 9.78 Å². The number of carbonyl (C=O) groups excluding carboxylic acids is 1. The maximum absolute atomic E-state index is 12.1. The Morgan fingerprint density at radius 3 is 2.69 bits per heavy atom. The van der Waals surface area contributed by atoms with Crippen molar-refractivity contribution in [2.75, 3.05) is 0 Å². The summed E-state index contributed by atoms with van der Waals surface area (Å²) in [7, 11) is 0. The van der Waals surface area contributed by atoms with Crippen molar-refractivity contribution in [3.63, 3.8) is 0 Å². The zero-order chi connectivity index (χ0) is 18.4. The van der Waals surface area contributed by atoms with Crippen LogP contribution in [0.5, 0.6) is 0 Å². The molecule has 0 radical (unpaired) electrons. The molecule has 26 heavy (non-hydrogen) atoms. The molecule has 0 saturated heterocycles. The van der Waals surface area contributed by atoms with E-state index in [1.807, 2.05) is 37.3 Å². The SMILES string of the molecule is CCc1ccc(-c2noc(CCC(=O)NC(C)c3ccccn3)n2)cc1. The molecule has 1 N–H and O–H groups in total. The van der Waals surface area contributed by atoms with Gasteiger partial charge in [0.1, 0.15) is 0 Å². The summed E-state index contributed by atoms with van der Waals surface area (Å²) < 4.78 is 5.26. The average Bonchev–Trinajstić information content (AvgIpc) is 3.16. The van der Waals surface area contributed by atoms with Gasteiger partial charge < -0.3 is 9.84 Å². The maximum atomic E-state index is 12.1. The van der Waals surface area contributed by atoms with Crippen molar-refractivity contribution in [1.82, 2.24) is 20.4 Å². The van der Waals surface area contributed by atoms with E-state index in [2.05, 4.69) is 39.5 Å². The number of amides is 1. The molecule has 1 amide bonds. The third kappa shape index (κ3) is 4.53. The van der Waals surface area contributed by atoms with Crippen molar-refractivity contribution < 1.29 is 9.32 Å². The Bertz CT molecular complexity index is 844. The minimum atomic E-state index is -0.140. The molecular weight excluding hydrogens is 328 g/mol. The summed E-state index contributed by atoms with van der Waals surface area (Å²) in [6.45, 7) is 4.02. The van der Waals surface area contributed by atoms with Crippen LogP contribution in [-0.2, 0) is 17.6 Å². The second-order valence-electron chi connectivity index (χ2n) is 6.11. The van der Waals surface area contributed by atoms with Crippen LogP contribution in [0, 0.1) is 0 Å². The van der Waals surface area contributed by atoms with Gasteiger partial charge in [0.2, 0.25) is 17.6 Å². The molecule has 2 aromatic heterocycles. The van der Waals surface area contributed by atoms with Gasteiger partial charge in [-0.1, -0.05) is 42.4 Å². The van der Waals surface area contributed by atoms with E-state index in [1.54, 1.807) is 6.20 Å². The highest BCUT2D eigenvalue weighted by Gasteiger charge is 2.13. The van der Waals surface area contributed by atoms with Crippen LogP contribution in [0.4, 0.5) is 0 Å². The highest BCUT2D eigenvalue weighted by atomic mass is 16.5. The first-order valence-corrected chi connectivity index (χ1v) is 8.78. The normalized spacial score (nSPS) is 11.9. The molecule has 0 aliphatic heterocycles. The fraction of sp³-hybridized carbons (Fsp3) is 0.300. The number of benzene rings is 1. The molecule has 134 valence electrons. The number of aryl methyl sites for hydroxylation is 2. The van der Waals surface area contributed by atoms with Gasteiger partial charge >= 0.3 is 0 Å². The van der Waals surface area contributed by atoms with Crippen molar-refractivity contribution in [3.05, 3.63) is 65.8 Å². The topological polar surface area (TPSA) is 80.9 Å². The van der Waals surface area contributed by atoms with Crippen molar-refractivity contribution >= 4 is 5.91 Å². The minimum absolute atomic E-state index is 0.0739. The maximum Gasteiger partial charge on any atom is 0.227 e. The van der Waals surface area contributed by atoms with Crippen molar-refractivity contribution in [3.8, 4) is 11.4 Å². The van der Waals surface area contributed by atoms with E-state index in [-0.39, 0.29) is 18.4 Å². The summed E-state index contributed by atoms with van der Waals surface area (Å²) in [4.78, 5) is 20.7. The smallest absolute Gasteiger partial charge is 0.227 e. The first kappa shape index (κ1) is 17.8. The van der Waals surface area contributed by atoms with Gasteiger partial charge in [-0.15, -0.1) is 0 Å². The van der Waals surface area contributed by atoms with E-state index in [9.17, 15) is 4.79 Å². The van der Waals surface area contributed by atoms with Gasteiger partial charge in [0, 0.05) is 24.6 Å². The summed E-state index contributed by atoms with van der Waals surface area (Å²) >= 11 is 0. The van der Waals surface area contributed by atoms with Crippen LogP contribution in [0.15, 0.2) is 53.2 Å². The number of carbonyl (C=O) groups is 1. The lowest BCUT2D eigenvalue weighted by molar-refractivity contribution is -0.121. The Balaban J connectivity index is 1.53. The van der Waals surface area contributed by atoms with E-state index in [0.29, 0.717) is 18.1 Å². The quantitative estimate of drug-likeness (QED) is 0.705. The number of rotatable bonds is 7. The molecule has 0 aliphatic rings. The van der Waals surface area contributed by atoms with Crippen LogP contribution in [0.25, 0.3) is 11.4 Å². The van der Waals surface area contributed by atoms with Gasteiger partial charge in [-0.2, -0.15) is 4.98 Å². The monoisotopic (exact) mass is 350 g/mol. The van der Waals surface area contributed by atoms with Crippen molar-refractivity contribution in [2.45, 2.75) is 39.2 Å². The molecule has 0 saturated carbocycles. The van der Waals surface area contributed by atoms with E-state index in [0.717, 1.165) is 17.7 Å². The molecule has 3 aromatic rings. The van der Waals surface area contributed by atoms with Crippen LogP contribution in [0.1, 0.15) is 43.5 Å². The highest BCUT2D eigenvalue weighted by molar-refractivity contribution is 5.76. The first-order valence-electron chi connectivity index (χ1n) is 8.78. The van der Waals surface area contributed by atoms with Gasteiger partial charge in [-0.25, -0.2) is 0 Å². The van der Waals surface area contributed by atoms with Crippen molar-refractivity contribution in [1.29, 1.82) is 0 Å². The highest BCUT2D eigenvalue weighted by Crippen LogP contribution is 2.17. The van der Waals surface area contributed by atoms with Gasteiger partial charge in [0.05, 0.1) is 11.7 Å². The molecule has 2 heterocycles. The average molecular weight is 350 g/mol. The molecule has 1 unspecified atom stereocenters. The molecule has 3 rings (SSSR count). The van der Waals surface area contributed by atoms with Crippen LogP contribution in [0.3, 0.4) is 0 Å². The van der Waals surface area contributed by atoms with E-state index < -0.39 is 0 Å². The zero-order valence-corrected chi connectivity index (χ0v) is 15.0. The third-order valence-corrected chi connectivity index (χ3v) is 4.16. The second-order valence-corrected chi connectivity index (χ2v) is 6.11. The van der Waals surface area contributed by atoms with Crippen molar-refractivity contribution in [2.24, 2.45) is 0 Å². The second kappa shape index (κ2) is 8.38. The molecule has 0 bridgehead atoms. The summed E-state index contributed by atoms with van der Waals surface area (Å²) in [6.07, 6.45) is 3.39. The predicted octanol–water partition coefficient (Wildman–Crippen LogP) is 3.50. The first-order chi connectivity index (χ1) is 12.7. The Morgan fingerprint density at radius 1 is 1.19 bits per heavy atom. The van der Waals surface area contributed by atoms with Crippen LogP contribution < -0.4 is 5.32 Å². The summed E-state index contributed by atoms with van der Waals surface area (Å²) in [5.74, 6) is 0.931. The third-order valence-electron chi connectivity index (χ3n) is 4.16. The molecular formula is C20H22N4O2. The van der Waals surface area contributed by atoms with Crippen LogP contribution in [-0.4, -0.2) is 21.0 Å². The van der Waals surface area contributed by atoms with Crippen LogP contribution in [0.2, 0.25) is 0 Å². The zero-order valence-electron chi connectivity index (χ0n) is 15.0. The molecule has 1 aromatic carbocycles. The number of nitrogens with one attached hydrogen (secondary N) is 1. The number of hydrogen-bond acceptors (Lipinski definition) is 5. The lowest BCUT2D eigenvalue weighted by Gasteiger charge is -2.12. The molecule has 6 heteroatoms. The Labute approximate surface area is 152 Å². The molecule has 0 fully saturated rings. The number of pyridine rings is 1. The van der Waals surface area contributed by atoms with E-state index >= 15 is 0 Å². The number of nitrogens with zero attached hydrogens (tertiary/aromatic N) is 3. The molecule has 0 spiro atoms. The van der Waals surface area contributed by atoms with Gasteiger partial charge in [0.25, 0.3) is 0 Å². The number of hydrogen-bond donors (Lipinski definition) is 1. The summed E-state index contributed by atoms with van der Waals surface area (Å²) in [6, 6.07) is 13.6. The standard InChI is InChI=1S/C20H22N4O2/c1-3-15-7-9-16(10-8-15)20-23-19(26-24-20)12-11-18(25)22-14(2)17-6-4-5-13-21-17/h4-10,13-14H,3,11-12H2,1-2H3,(H,22,25). The molecule has 1 atom stereocenters. The fourth-order valence-electron chi connectivity index (χ4n) is 2.60. The fourth-order valence-corrected chi connectivity index (χ4v) is 2.60. The Morgan fingerprint density at radius 2 is 2.00 bits per heavy atom. The van der Waals surface area contributed by atoms with Gasteiger partial charge in [-0.05, 0) is 31.0 Å². The largest absolute Gasteiger partial charge is 0.348 e. The van der Waals surface area contributed by atoms with Crippen LogP contribution >= 0.6 is 0 Å². The van der Waals surface area contributed by atoms with E-state index in [1.165, 1.54) is 5.56 Å². The lowest BCUT2D eigenvalue weighted by Crippen LogP contribution is -2.27. The number of aromatic nitrogens is 3. The summed E-state index contributed by atoms with van der Waals surface area (Å²) in [5.41, 5.74) is 3.00. The lowest BCUT2D eigenvalue weighted by atomic mass is 10.1. The predicted molar refractivity (Wildman–Crippen MR) is 98.2 cm³/mol. The summed E-state index contributed by atoms with van der Waals surface area (Å²) in [5, 5.41) is 6.93. The Kier molecular flexibility index (Phi) is 5.73. The minimum Gasteiger partial charge on any atom is -0.348 e. The van der Waals surface area contributed by atoms with Gasteiger partial charge in [0.15, 0.2) is 0 Å².